The Bertz CT molecular complexity index is 1020. The van der Waals surface area contributed by atoms with E-state index >= 15 is 0 Å². The molecule has 7 nitrogen and oxygen atoms in total. The van der Waals surface area contributed by atoms with Crippen LogP contribution < -0.4 is 5.32 Å². The quantitative estimate of drug-likeness (QED) is 0.578. The largest absolute Gasteiger partial charge is 0.481 e. The summed E-state index contributed by atoms with van der Waals surface area (Å²) in [6, 6.07) is 8.10. The predicted octanol–water partition coefficient (Wildman–Crippen LogP) is 5.21. The van der Waals surface area contributed by atoms with Crippen LogP contribution in [0.1, 0.15) is 74.5 Å². The number of rotatable bonds is 7. The summed E-state index contributed by atoms with van der Waals surface area (Å²) in [7, 11) is 1.70. The van der Waals surface area contributed by atoms with Crippen LogP contribution in [0.25, 0.3) is 11.5 Å². The van der Waals surface area contributed by atoms with Crippen LogP contribution in [0.15, 0.2) is 28.7 Å². The third kappa shape index (κ3) is 5.35. The van der Waals surface area contributed by atoms with Crippen molar-refractivity contribution in [2.24, 2.45) is 17.8 Å². The van der Waals surface area contributed by atoms with Gasteiger partial charge in [-0.3, -0.25) is 9.59 Å². The van der Waals surface area contributed by atoms with Gasteiger partial charge in [0.15, 0.2) is 0 Å². The molecule has 4 rings (SSSR count). The highest BCUT2D eigenvalue weighted by molar-refractivity contribution is 5.85. The predicted molar refractivity (Wildman–Crippen MR) is 128 cm³/mol. The smallest absolute Gasteiger partial charge is 0.307 e. The van der Waals surface area contributed by atoms with E-state index < -0.39 is 17.8 Å². The zero-order valence-corrected chi connectivity index (χ0v) is 20.4. The van der Waals surface area contributed by atoms with E-state index in [1.807, 2.05) is 32.0 Å². The minimum atomic E-state index is -0.855. The second-order valence-corrected chi connectivity index (χ2v) is 9.95. The molecule has 2 aliphatic carbocycles. The number of carbonyl (C=O) groups excluding carboxylic acids is 1. The Kier molecular flexibility index (Phi) is 7.71. The fraction of sp³-hybridized carbons (Fsp3) is 0.593. The molecule has 5 unspecified atom stereocenters. The lowest BCUT2D eigenvalue weighted by molar-refractivity contribution is -0.149. The minimum absolute atomic E-state index is 0.0173. The van der Waals surface area contributed by atoms with E-state index in [0.717, 1.165) is 61.1 Å². The van der Waals surface area contributed by atoms with Gasteiger partial charge in [-0.05, 0) is 64.0 Å². The molecule has 0 spiro atoms. The van der Waals surface area contributed by atoms with E-state index in [-0.39, 0.29) is 24.0 Å². The van der Waals surface area contributed by atoms with Gasteiger partial charge < -0.3 is 19.6 Å². The van der Waals surface area contributed by atoms with Gasteiger partial charge in [-0.1, -0.05) is 37.0 Å². The van der Waals surface area contributed by atoms with Crippen molar-refractivity contribution in [3.63, 3.8) is 0 Å². The van der Waals surface area contributed by atoms with E-state index in [1.165, 1.54) is 0 Å². The number of carboxylic acids is 1. The highest BCUT2D eigenvalue weighted by Crippen LogP contribution is 2.39. The number of methoxy groups -OCH3 is 1. The van der Waals surface area contributed by atoms with Crippen molar-refractivity contribution in [1.29, 1.82) is 0 Å². The normalized spacial score (nSPS) is 26.1. The van der Waals surface area contributed by atoms with Gasteiger partial charge in [0.05, 0.1) is 11.8 Å². The summed E-state index contributed by atoms with van der Waals surface area (Å²) in [6.45, 7) is 3.96. The van der Waals surface area contributed by atoms with Crippen LogP contribution in [0, 0.1) is 31.6 Å². The Morgan fingerprint density at radius 1 is 1.12 bits per heavy atom. The Labute approximate surface area is 201 Å². The van der Waals surface area contributed by atoms with E-state index in [9.17, 15) is 14.7 Å². The second kappa shape index (κ2) is 10.7. The number of nitrogens with one attached hydrogen (secondary N) is 1. The number of carbonyl (C=O) groups is 2. The Morgan fingerprint density at radius 2 is 1.88 bits per heavy atom. The minimum Gasteiger partial charge on any atom is -0.481 e. The van der Waals surface area contributed by atoms with Crippen LogP contribution in [-0.2, 0) is 14.3 Å². The lowest BCUT2D eigenvalue weighted by atomic mass is 9.77. The molecule has 0 saturated heterocycles. The lowest BCUT2D eigenvalue weighted by Gasteiger charge is -2.35. The highest BCUT2D eigenvalue weighted by atomic mass is 16.5. The molecule has 7 heteroatoms. The standard InChI is InChI=1S/C27H36N2O5/c1-16-8-6-10-19(14-16)26-29-23(17(2)34-26)24(33-3)18-9-7-11-20(15-18)28-25(30)21-12-4-5-13-22(21)27(31)32/h6,8,10,14,18,20-22,24H,4-5,7,9,11-13,15H2,1-3H3,(H,28,30)(H,31,32). The molecule has 34 heavy (non-hydrogen) atoms. The van der Waals surface area contributed by atoms with Crippen molar-refractivity contribution in [1.82, 2.24) is 10.3 Å². The molecule has 2 N–H and O–H groups in total. The van der Waals surface area contributed by atoms with Gasteiger partial charge in [0, 0.05) is 18.7 Å². The molecular formula is C27H36N2O5. The third-order valence-corrected chi connectivity index (χ3v) is 7.53. The monoisotopic (exact) mass is 468 g/mol. The summed E-state index contributed by atoms with van der Waals surface area (Å²) >= 11 is 0. The molecule has 2 fully saturated rings. The number of aromatic nitrogens is 1. The number of nitrogens with zero attached hydrogens (tertiary/aromatic N) is 1. The molecular weight excluding hydrogens is 432 g/mol. The Hall–Kier alpha value is -2.67. The number of aliphatic carboxylic acids is 1. The Balaban J connectivity index is 1.45. The molecule has 184 valence electrons. The molecule has 1 aromatic heterocycles. The molecule has 2 saturated carbocycles. The van der Waals surface area contributed by atoms with Crippen LogP contribution in [0.4, 0.5) is 0 Å². The van der Waals surface area contributed by atoms with Gasteiger partial charge in [-0.25, -0.2) is 4.98 Å². The number of carboxylic acid groups (broad SMARTS) is 1. The van der Waals surface area contributed by atoms with Crippen molar-refractivity contribution in [2.75, 3.05) is 7.11 Å². The summed E-state index contributed by atoms with van der Waals surface area (Å²) in [5.41, 5.74) is 2.90. The number of hydrogen-bond acceptors (Lipinski definition) is 5. The van der Waals surface area contributed by atoms with Crippen molar-refractivity contribution in [3.8, 4) is 11.5 Å². The first-order valence-corrected chi connectivity index (χ1v) is 12.5. The maximum Gasteiger partial charge on any atom is 0.307 e. The van der Waals surface area contributed by atoms with Crippen LogP contribution in [0.5, 0.6) is 0 Å². The SMILES string of the molecule is COC(c1nc(-c2cccc(C)c2)oc1C)C1CCCC(NC(=O)C2CCCCC2C(=O)O)C1. The molecule has 0 radical (unpaired) electrons. The van der Waals surface area contributed by atoms with Crippen molar-refractivity contribution in [2.45, 2.75) is 77.4 Å². The van der Waals surface area contributed by atoms with Crippen LogP contribution in [-0.4, -0.2) is 35.1 Å². The molecule has 0 bridgehead atoms. The fourth-order valence-electron chi connectivity index (χ4n) is 5.78. The van der Waals surface area contributed by atoms with Gasteiger partial charge in [0.1, 0.15) is 17.6 Å². The van der Waals surface area contributed by atoms with Crippen molar-refractivity contribution in [3.05, 3.63) is 41.3 Å². The average Bonchev–Trinajstić information content (AvgIpc) is 3.21. The number of aryl methyl sites for hydroxylation is 2. The van der Waals surface area contributed by atoms with Gasteiger partial charge in [-0.15, -0.1) is 0 Å². The topological polar surface area (TPSA) is 102 Å². The van der Waals surface area contributed by atoms with Gasteiger partial charge in [0.25, 0.3) is 0 Å². The van der Waals surface area contributed by atoms with Crippen LogP contribution >= 0.6 is 0 Å². The fourth-order valence-corrected chi connectivity index (χ4v) is 5.78. The molecule has 1 amide bonds. The first kappa shape index (κ1) is 24.5. The summed E-state index contributed by atoms with van der Waals surface area (Å²) in [5, 5.41) is 12.7. The number of amides is 1. The third-order valence-electron chi connectivity index (χ3n) is 7.53. The molecule has 5 atom stereocenters. The summed E-state index contributed by atoms with van der Waals surface area (Å²) in [4.78, 5) is 29.5. The summed E-state index contributed by atoms with van der Waals surface area (Å²) in [6.07, 6.45) is 6.45. The first-order chi connectivity index (χ1) is 16.4. The van der Waals surface area contributed by atoms with Gasteiger partial charge >= 0.3 is 5.97 Å². The van der Waals surface area contributed by atoms with E-state index in [1.54, 1.807) is 7.11 Å². The zero-order chi connectivity index (χ0) is 24.2. The van der Waals surface area contributed by atoms with E-state index in [0.29, 0.717) is 18.7 Å². The highest BCUT2D eigenvalue weighted by Gasteiger charge is 2.38. The average molecular weight is 469 g/mol. The van der Waals surface area contributed by atoms with E-state index in [4.69, 9.17) is 14.1 Å². The molecule has 2 aliphatic rings. The molecule has 1 heterocycles. The zero-order valence-electron chi connectivity index (χ0n) is 20.4. The van der Waals surface area contributed by atoms with E-state index in [2.05, 4.69) is 11.4 Å². The lowest BCUT2D eigenvalue weighted by Crippen LogP contribution is -2.46. The summed E-state index contributed by atoms with van der Waals surface area (Å²) < 4.78 is 12.0. The molecule has 1 aromatic carbocycles. The summed E-state index contributed by atoms with van der Waals surface area (Å²) in [5.74, 6) is -0.424. The first-order valence-electron chi connectivity index (χ1n) is 12.5. The van der Waals surface area contributed by atoms with Gasteiger partial charge in [-0.2, -0.15) is 0 Å². The maximum atomic E-state index is 13.0. The maximum absolute atomic E-state index is 13.0. The molecule has 2 aromatic rings. The number of hydrogen-bond donors (Lipinski definition) is 2. The van der Waals surface area contributed by atoms with Crippen LogP contribution in [0.3, 0.4) is 0 Å². The number of ether oxygens (including phenoxy) is 1. The van der Waals surface area contributed by atoms with Crippen molar-refractivity contribution < 1.29 is 23.8 Å². The van der Waals surface area contributed by atoms with Gasteiger partial charge in [0.2, 0.25) is 11.8 Å². The second-order valence-electron chi connectivity index (χ2n) is 9.95. The van der Waals surface area contributed by atoms with Crippen molar-refractivity contribution >= 4 is 11.9 Å². The number of oxazole rings is 1. The van der Waals surface area contributed by atoms with Crippen LogP contribution in [0.2, 0.25) is 0 Å². The number of benzene rings is 1. The Morgan fingerprint density at radius 3 is 2.59 bits per heavy atom. The molecule has 0 aliphatic heterocycles.